The minimum absolute atomic E-state index is 0.105. The molecule has 3 aromatic rings. The summed E-state index contributed by atoms with van der Waals surface area (Å²) in [4.78, 5) is 36.7. The molecule has 182 valence electrons. The highest BCUT2D eigenvalue weighted by Crippen LogP contribution is 2.35. The first-order valence-corrected chi connectivity index (χ1v) is 12.9. The third-order valence-electron chi connectivity index (χ3n) is 6.09. The normalized spacial score (nSPS) is 16.2. The van der Waals surface area contributed by atoms with Gasteiger partial charge in [0.15, 0.2) is 5.17 Å². The second kappa shape index (κ2) is 10.9. The maximum absolute atomic E-state index is 14.2. The minimum atomic E-state index is -0.662. The molecule has 2 aliphatic rings. The van der Waals surface area contributed by atoms with Crippen LogP contribution in [0.1, 0.15) is 29.5 Å². The van der Waals surface area contributed by atoms with Gasteiger partial charge in [-0.15, -0.1) is 0 Å². The van der Waals surface area contributed by atoms with E-state index in [2.05, 4.69) is 10.3 Å². The van der Waals surface area contributed by atoms with Crippen molar-refractivity contribution in [2.75, 3.05) is 6.54 Å². The number of hydrogen-bond acceptors (Lipinski definition) is 5. The van der Waals surface area contributed by atoms with Crippen LogP contribution in [0.5, 0.6) is 0 Å². The van der Waals surface area contributed by atoms with Crippen molar-refractivity contribution < 1.29 is 14.0 Å². The maximum Gasteiger partial charge on any atom is 0.259 e. The van der Waals surface area contributed by atoms with Crippen molar-refractivity contribution in [1.82, 2.24) is 10.2 Å². The Kier molecular flexibility index (Phi) is 7.23. The van der Waals surface area contributed by atoms with E-state index >= 15 is 0 Å². The molecule has 1 N–H and O–H groups in total. The van der Waals surface area contributed by atoms with Gasteiger partial charge in [0.05, 0.1) is 5.69 Å². The average molecular weight is 501 g/mol. The van der Waals surface area contributed by atoms with Crippen LogP contribution in [0.2, 0.25) is 0 Å². The number of carbonyl (C=O) groups excluding carboxylic acids is 2. The molecule has 0 saturated heterocycles. The predicted octanol–water partition coefficient (Wildman–Crippen LogP) is 4.86. The molecule has 0 aliphatic carbocycles. The summed E-state index contributed by atoms with van der Waals surface area (Å²) in [5.41, 5.74) is 3.19. The summed E-state index contributed by atoms with van der Waals surface area (Å²) in [6, 6.07) is 23.4. The van der Waals surface area contributed by atoms with Crippen LogP contribution in [0.15, 0.2) is 88.8 Å². The molecule has 0 spiro atoms. The van der Waals surface area contributed by atoms with E-state index in [0.29, 0.717) is 35.3 Å². The van der Waals surface area contributed by atoms with Gasteiger partial charge in [-0.3, -0.25) is 14.6 Å². The number of carbonyl (C=O) groups is 2. The second-order valence-electron chi connectivity index (χ2n) is 8.56. The van der Waals surface area contributed by atoms with Crippen LogP contribution in [0.25, 0.3) is 0 Å². The van der Waals surface area contributed by atoms with Crippen LogP contribution in [0, 0.1) is 5.82 Å². The van der Waals surface area contributed by atoms with E-state index in [4.69, 9.17) is 4.99 Å². The van der Waals surface area contributed by atoms with Crippen molar-refractivity contribution >= 4 is 40.3 Å². The fourth-order valence-corrected chi connectivity index (χ4v) is 5.18. The minimum Gasteiger partial charge on any atom is -0.356 e. The molecule has 1 atom stereocenters. The highest BCUT2D eigenvalue weighted by molar-refractivity contribution is 8.13. The summed E-state index contributed by atoms with van der Waals surface area (Å²) in [6.07, 6.45) is 1.26. The third-order valence-corrected chi connectivity index (χ3v) is 7.07. The van der Waals surface area contributed by atoms with Gasteiger partial charge in [0.25, 0.3) is 5.91 Å². The van der Waals surface area contributed by atoms with E-state index in [-0.39, 0.29) is 24.1 Å². The highest BCUT2D eigenvalue weighted by atomic mass is 32.2. The van der Waals surface area contributed by atoms with Crippen LogP contribution in [0.3, 0.4) is 0 Å². The molecule has 0 unspecified atom stereocenters. The first-order chi connectivity index (χ1) is 17.6. The van der Waals surface area contributed by atoms with Gasteiger partial charge >= 0.3 is 0 Å². The zero-order valence-corrected chi connectivity index (χ0v) is 20.4. The third kappa shape index (κ3) is 5.23. The van der Waals surface area contributed by atoms with E-state index in [1.54, 1.807) is 18.2 Å². The van der Waals surface area contributed by atoms with Gasteiger partial charge in [0, 0.05) is 24.3 Å². The van der Waals surface area contributed by atoms with Gasteiger partial charge < -0.3 is 5.32 Å². The molecule has 6 nitrogen and oxygen atoms in total. The fourth-order valence-electron chi connectivity index (χ4n) is 4.19. The summed E-state index contributed by atoms with van der Waals surface area (Å²) in [5.74, 6) is 0.262. The number of para-hydroxylation sites is 1. The van der Waals surface area contributed by atoms with Crippen LogP contribution in [-0.2, 0) is 21.8 Å². The number of aliphatic imine (C=N–C) groups is 2. The van der Waals surface area contributed by atoms with E-state index in [9.17, 15) is 14.0 Å². The Balaban J connectivity index is 1.25. The quantitative estimate of drug-likeness (QED) is 0.480. The summed E-state index contributed by atoms with van der Waals surface area (Å²) in [6.45, 7) is 0.541. The number of hydrogen-bond donors (Lipinski definition) is 1. The summed E-state index contributed by atoms with van der Waals surface area (Å²) >= 11 is 1.30. The molecule has 0 bridgehead atoms. The van der Waals surface area contributed by atoms with Gasteiger partial charge in [-0.2, -0.15) is 0 Å². The Morgan fingerprint density at radius 1 is 1.00 bits per heavy atom. The number of nitrogens with one attached hydrogen (secondary N) is 1. The number of nitrogens with zero attached hydrogens (tertiary/aromatic N) is 3. The van der Waals surface area contributed by atoms with Crippen molar-refractivity contribution in [1.29, 1.82) is 0 Å². The standard InChI is InChI=1S/C28H25FN4O2S/c29-22-12-6-4-10-20(22)18-36-28-32-23-13-7-5-11-21(23)26-31-24(27(35)33(26)28)14-15-25(34)30-17-16-19-8-2-1-3-9-19/h1-13,24H,14-18H2,(H,30,34)/t24-/m1/s1. The van der Waals surface area contributed by atoms with Crippen molar-refractivity contribution in [2.45, 2.75) is 31.1 Å². The largest absolute Gasteiger partial charge is 0.356 e. The van der Waals surface area contributed by atoms with E-state index in [1.807, 2.05) is 54.6 Å². The van der Waals surface area contributed by atoms with Crippen LogP contribution in [0.4, 0.5) is 10.1 Å². The lowest BCUT2D eigenvalue weighted by Crippen LogP contribution is -2.41. The number of thioether (sulfide) groups is 1. The fraction of sp³-hybridized carbons (Fsp3) is 0.214. The summed E-state index contributed by atoms with van der Waals surface area (Å²) < 4.78 is 14.2. The van der Waals surface area contributed by atoms with Crippen molar-refractivity contribution in [3.05, 3.63) is 101 Å². The Labute approximate surface area is 213 Å². The molecule has 2 heterocycles. The molecular weight excluding hydrogens is 475 g/mol. The Hall–Kier alpha value is -3.78. The van der Waals surface area contributed by atoms with Crippen molar-refractivity contribution in [2.24, 2.45) is 9.98 Å². The molecule has 0 saturated carbocycles. The molecule has 2 aliphatic heterocycles. The number of amides is 2. The zero-order chi connectivity index (χ0) is 24.9. The topological polar surface area (TPSA) is 74.1 Å². The molecule has 2 amide bonds. The molecule has 0 aromatic heterocycles. The van der Waals surface area contributed by atoms with Gasteiger partial charge in [-0.25, -0.2) is 14.3 Å². The first-order valence-electron chi connectivity index (χ1n) is 11.9. The van der Waals surface area contributed by atoms with Gasteiger partial charge in [0.1, 0.15) is 17.7 Å². The monoisotopic (exact) mass is 500 g/mol. The molecule has 36 heavy (non-hydrogen) atoms. The molecule has 0 radical (unpaired) electrons. The molecule has 8 heteroatoms. The van der Waals surface area contributed by atoms with Gasteiger partial charge in [-0.05, 0) is 42.2 Å². The number of amidine groups is 2. The van der Waals surface area contributed by atoms with Crippen molar-refractivity contribution in [3.63, 3.8) is 0 Å². The number of fused-ring (bicyclic) bond motifs is 3. The molecule has 3 aromatic carbocycles. The number of rotatable bonds is 8. The zero-order valence-electron chi connectivity index (χ0n) is 19.6. The number of benzene rings is 3. The molecule has 0 fully saturated rings. The second-order valence-corrected chi connectivity index (χ2v) is 9.50. The lowest BCUT2D eigenvalue weighted by molar-refractivity contribution is -0.125. The summed E-state index contributed by atoms with van der Waals surface area (Å²) in [7, 11) is 0. The Morgan fingerprint density at radius 3 is 2.58 bits per heavy atom. The highest BCUT2D eigenvalue weighted by Gasteiger charge is 2.41. The van der Waals surface area contributed by atoms with E-state index in [1.165, 1.54) is 22.7 Å². The van der Waals surface area contributed by atoms with E-state index < -0.39 is 6.04 Å². The average Bonchev–Trinajstić information content (AvgIpc) is 3.24. The summed E-state index contributed by atoms with van der Waals surface area (Å²) in [5, 5.41) is 3.39. The van der Waals surface area contributed by atoms with Crippen LogP contribution >= 0.6 is 11.8 Å². The SMILES string of the molecule is O=C(CC[C@H]1N=C2c3ccccc3N=C(SCc3ccccc3F)N2C1=O)NCCc1ccccc1. The lowest BCUT2D eigenvalue weighted by atomic mass is 10.1. The lowest BCUT2D eigenvalue weighted by Gasteiger charge is -2.25. The molecule has 5 rings (SSSR count). The van der Waals surface area contributed by atoms with Crippen molar-refractivity contribution in [3.8, 4) is 0 Å². The van der Waals surface area contributed by atoms with Gasteiger partial charge in [0.2, 0.25) is 5.91 Å². The van der Waals surface area contributed by atoms with Crippen LogP contribution < -0.4 is 5.32 Å². The Bertz CT molecular complexity index is 1340. The molecular formula is C28H25FN4O2S. The maximum atomic E-state index is 14.2. The predicted molar refractivity (Wildman–Crippen MR) is 141 cm³/mol. The Morgan fingerprint density at radius 2 is 1.75 bits per heavy atom. The van der Waals surface area contributed by atoms with Crippen LogP contribution in [-0.4, -0.2) is 40.3 Å². The van der Waals surface area contributed by atoms with Gasteiger partial charge in [-0.1, -0.05) is 72.4 Å². The smallest absolute Gasteiger partial charge is 0.259 e. The number of halogens is 1. The van der Waals surface area contributed by atoms with E-state index in [0.717, 1.165) is 23.2 Å². The first kappa shape index (κ1) is 23.9.